The molecule has 0 aromatic heterocycles. The molecule has 1 rings (SSSR count). The van der Waals surface area contributed by atoms with E-state index in [9.17, 15) is 9.32 Å². The molecule has 0 aliphatic rings. The Labute approximate surface area is 97.8 Å². The lowest BCUT2D eigenvalue weighted by atomic mass is 10.2. The van der Waals surface area contributed by atoms with Gasteiger partial charge in [0, 0.05) is 47.0 Å². The molecule has 4 nitrogen and oxygen atoms in total. The summed E-state index contributed by atoms with van der Waals surface area (Å²) in [5, 5.41) is 21.7. The molecule has 0 saturated carbocycles. The smallest absolute Gasteiger partial charge is 0.123 e. The minimum atomic E-state index is -0.759. The van der Waals surface area contributed by atoms with Crippen LogP contribution in [0.2, 0.25) is 0 Å². The standard InChI is InChI=1S/C11H17NO3S/c1-2-16(15)6-5-12-8-9-3-4-10(13)7-11(9)14/h3-4,7,12-14H,2,5-6,8H2,1H3. The third kappa shape index (κ3) is 4.20. The lowest BCUT2D eigenvalue weighted by molar-refractivity contribution is 0.444. The molecular weight excluding hydrogens is 226 g/mol. The summed E-state index contributed by atoms with van der Waals surface area (Å²) in [5.41, 5.74) is 0.722. The van der Waals surface area contributed by atoms with Crippen LogP contribution >= 0.6 is 0 Å². The lowest BCUT2D eigenvalue weighted by Crippen LogP contribution is -2.20. The zero-order valence-electron chi connectivity index (χ0n) is 9.27. The average Bonchev–Trinajstić information content (AvgIpc) is 2.26. The summed E-state index contributed by atoms with van der Waals surface area (Å²) in [4.78, 5) is 0. The van der Waals surface area contributed by atoms with Gasteiger partial charge in [-0.25, -0.2) is 0 Å². The number of aromatic hydroxyl groups is 2. The van der Waals surface area contributed by atoms with Crippen molar-refractivity contribution in [3.63, 3.8) is 0 Å². The van der Waals surface area contributed by atoms with Gasteiger partial charge in [0.05, 0.1) is 0 Å². The fraction of sp³-hybridized carbons (Fsp3) is 0.455. The first-order valence-corrected chi connectivity index (χ1v) is 6.69. The van der Waals surface area contributed by atoms with Crippen LogP contribution in [0, 0.1) is 0 Å². The quantitative estimate of drug-likeness (QED) is 0.651. The molecule has 0 aliphatic carbocycles. The molecule has 3 N–H and O–H groups in total. The summed E-state index contributed by atoms with van der Waals surface area (Å²) < 4.78 is 11.1. The van der Waals surface area contributed by atoms with Crippen LogP contribution in [0.5, 0.6) is 11.5 Å². The first-order valence-electron chi connectivity index (χ1n) is 5.20. The highest BCUT2D eigenvalue weighted by atomic mass is 32.2. The third-order valence-electron chi connectivity index (χ3n) is 2.21. The van der Waals surface area contributed by atoms with Crippen LogP contribution in [-0.2, 0) is 17.3 Å². The van der Waals surface area contributed by atoms with E-state index in [0.29, 0.717) is 24.6 Å². The second kappa shape index (κ2) is 6.50. The minimum Gasteiger partial charge on any atom is -0.508 e. The molecule has 0 saturated heterocycles. The maximum absolute atomic E-state index is 11.1. The van der Waals surface area contributed by atoms with Crippen molar-refractivity contribution in [2.75, 3.05) is 18.1 Å². The normalized spacial score (nSPS) is 12.6. The minimum absolute atomic E-state index is 0.0494. The maximum Gasteiger partial charge on any atom is 0.123 e. The Morgan fingerprint density at radius 2 is 2.12 bits per heavy atom. The predicted octanol–water partition coefficient (Wildman–Crippen LogP) is 0.956. The zero-order valence-corrected chi connectivity index (χ0v) is 10.1. The molecule has 1 aromatic rings. The molecule has 1 aromatic carbocycles. The van der Waals surface area contributed by atoms with E-state index in [1.165, 1.54) is 12.1 Å². The summed E-state index contributed by atoms with van der Waals surface area (Å²) in [6, 6.07) is 4.50. The first kappa shape index (κ1) is 13.0. The number of hydrogen-bond donors (Lipinski definition) is 3. The van der Waals surface area contributed by atoms with Crippen LogP contribution in [0.3, 0.4) is 0 Å². The van der Waals surface area contributed by atoms with Gasteiger partial charge in [0.1, 0.15) is 11.5 Å². The van der Waals surface area contributed by atoms with Gasteiger partial charge in [-0.1, -0.05) is 13.0 Å². The van der Waals surface area contributed by atoms with Crippen molar-refractivity contribution in [1.82, 2.24) is 5.32 Å². The van der Waals surface area contributed by atoms with Crippen LogP contribution in [0.1, 0.15) is 12.5 Å². The molecule has 0 bridgehead atoms. The molecule has 0 spiro atoms. The van der Waals surface area contributed by atoms with Gasteiger partial charge in [0.2, 0.25) is 0 Å². The van der Waals surface area contributed by atoms with Crippen molar-refractivity contribution in [3.05, 3.63) is 23.8 Å². The third-order valence-corrected chi connectivity index (χ3v) is 3.52. The molecule has 5 heteroatoms. The van der Waals surface area contributed by atoms with Gasteiger partial charge in [-0.15, -0.1) is 0 Å². The van der Waals surface area contributed by atoms with Crippen LogP contribution in [-0.4, -0.2) is 32.5 Å². The van der Waals surface area contributed by atoms with Crippen LogP contribution in [0.25, 0.3) is 0 Å². The molecule has 1 atom stereocenters. The summed E-state index contributed by atoms with van der Waals surface area (Å²) in [6.45, 7) is 3.05. The number of phenols is 2. The Morgan fingerprint density at radius 1 is 1.38 bits per heavy atom. The second-order valence-electron chi connectivity index (χ2n) is 3.42. The van der Waals surface area contributed by atoms with Gasteiger partial charge in [0.15, 0.2) is 0 Å². The number of rotatable bonds is 6. The van der Waals surface area contributed by atoms with Crippen LogP contribution < -0.4 is 5.32 Å². The Kier molecular flexibility index (Phi) is 5.28. The van der Waals surface area contributed by atoms with Gasteiger partial charge in [0.25, 0.3) is 0 Å². The van der Waals surface area contributed by atoms with Crippen molar-refractivity contribution >= 4 is 10.8 Å². The Hall–Kier alpha value is -1.07. The molecule has 0 aliphatic heterocycles. The van der Waals surface area contributed by atoms with Crippen molar-refractivity contribution in [1.29, 1.82) is 0 Å². The fourth-order valence-electron chi connectivity index (χ4n) is 1.26. The van der Waals surface area contributed by atoms with Crippen LogP contribution in [0.4, 0.5) is 0 Å². The summed E-state index contributed by atoms with van der Waals surface area (Å²) in [7, 11) is -0.759. The topological polar surface area (TPSA) is 69.6 Å². The SMILES string of the molecule is CCS(=O)CCNCc1ccc(O)cc1O. The largest absolute Gasteiger partial charge is 0.508 e. The monoisotopic (exact) mass is 243 g/mol. The van der Waals surface area contributed by atoms with Crippen molar-refractivity contribution in [2.24, 2.45) is 0 Å². The Bertz CT molecular complexity index is 368. The predicted molar refractivity (Wildman–Crippen MR) is 65.0 cm³/mol. The van der Waals surface area contributed by atoms with Crippen molar-refractivity contribution in [2.45, 2.75) is 13.5 Å². The van der Waals surface area contributed by atoms with E-state index in [2.05, 4.69) is 5.32 Å². The van der Waals surface area contributed by atoms with E-state index in [1.807, 2.05) is 6.92 Å². The zero-order chi connectivity index (χ0) is 12.0. The van der Waals surface area contributed by atoms with E-state index in [-0.39, 0.29) is 11.5 Å². The number of benzene rings is 1. The highest BCUT2D eigenvalue weighted by Gasteiger charge is 2.02. The fourth-order valence-corrected chi connectivity index (χ4v) is 1.92. The van der Waals surface area contributed by atoms with E-state index in [4.69, 9.17) is 5.11 Å². The Morgan fingerprint density at radius 3 is 2.75 bits per heavy atom. The lowest BCUT2D eigenvalue weighted by Gasteiger charge is -2.06. The van der Waals surface area contributed by atoms with E-state index >= 15 is 0 Å². The number of hydrogen-bond acceptors (Lipinski definition) is 4. The highest BCUT2D eigenvalue weighted by Crippen LogP contribution is 2.21. The van der Waals surface area contributed by atoms with Gasteiger partial charge >= 0.3 is 0 Å². The highest BCUT2D eigenvalue weighted by molar-refractivity contribution is 7.84. The molecule has 1 unspecified atom stereocenters. The van der Waals surface area contributed by atoms with Crippen molar-refractivity contribution in [3.8, 4) is 11.5 Å². The maximum atomic E-state index is 11.1. The molecule has 0 fully saturated rings. The number of phenolic OH excluding ortho intramolecular Hbond substituents is 2. The molecule has 0 heterocycles. The summed E-state index contributed by atoms with van der Waals surface area (Å²) in [6.07, 6.45) is 0. The van der Waals surface area contributed by atoms with Gasteiger partial charge in [-0.05, 0) is 6.07 Å². The van der Waals surface area contributed by atoms with Crippen molar-refractivity contribution < 1.29 is 14.4 Å². The first-order chi connectivity index (χ1) is 7.63. The average molecular weight is 243 g/mol. The number of nitrogens with one attached hydrogen (secondary N) is 1. The van der Waals surface area contributed by atoms with E-state index in [0.717, 1.165) is 5.56 Å². The van der Waals surface area contributed by atoms with Gasteiger partial charge < -0.3 is 15.5 Å². The molecule has 90 valence electrons. The van der Waals surface area contributed by atoms with E-state index < -0.39 is 10.8 Å². The summed E-state index contributed by atoms with van der Waals surface area (Å²) >= 11 is 0. The Balaban J connectivity index is 2.35. The van der Waals surface area contributed by atoms with E-state index in [1.54, 1.807) is 6.07 Å². The molecule has 0 radical (unpaired) electrons. The summed E-state index contributed by atoms with van der Waals surface area (Å²) in [5.74, 6) is 1.42. The molecule has 16 heavy (non-hydrogen) atoms. The van der Waals surface area contributed by atoms with Gasteiger partial charge in [-0.2, -0.15) is 0 Å². The molecular formula is C11H17NO3S. The molecule has 0 amide bonds. The van der Waals surface area contributed by atoms with Crippen LogP contribution in [0.15, 0.2) is 18.2 Å². The van der Waals surface area contributed by atoms with Gasteiger partial charge in [-0.3, -0.25) is 4.21 Å². The second-order valence-corrected chi connectivity index (χ2v) is 5.29.